The number of benzene rings is 1. The monoisotopic (exact) mass is 241 g/mol. The average Bonchev–Trinajstić information content (AvgIpc) is 2.97. The van der Waals surface area contributed by atoms with Crippen molar-refractivity contribution in [2.75, 3.05) is 11.4 Å². The molecule has 5 heteroatoms. The van der Waals surface area contributed by atoms with E-state index in [1.54, 1.807) is 6.07 Å². The Kier molecular flexibility index (Phi) is 2.03. The van der Waals surface area contributed by atoms with E-state index in [-0.39, 0.29) is 11.8 Å². The summed E-state index contributed by atoms with van der Waals surface area (Å²) in [6.07, 6.45) is -3.46. The Morgan fingerprint density at radius 1 is 1.29 bits per heavy atom. The molecule has 1 aromatic carbocycles. The number of nitrogens with zero attached hydrogens (tertiary/aromatic N) is 1. The standard InChI is InChI=1S/C12H10F3NO/c13-12(14,15)8-2-1-3-9(5-8)16-6-7-4-10(7)11(16)17/h1-3,5,7,10H,4,6H2. The molecule has 17 heavy (non-hydrogen) atoms. The Hall–Kier alpha value is -1.52. The maximum atomic E-state index is 12.5. The highest BCUT2D eigenvalue weighted by atomic mass is 19.4. The number of amides is 1. The predicted octanol–water partition coefficient (Wildman–Crippen LogP) is 2.69. The van der Waals surface area contributed by atoms with Crippen LogP contribution in [-0.2, 0) is 11.0 Å². The Balaban J connectivity index is 1.91. The number of hydrogen-bond donors (Lipinski definition) is 0. The summed E-state index contributed by atoms with van der Waals surface area (Å²) in [5, 5.41) is 0. The maximum Gasteiger partial charge on any atom is 0.416 e. The topological polar surface area (TPSA) is 20.3 Å². The number of fused-ring (bicyclic) bond motifs is 1. The van der Waals surface area contributed by atoms with Crippen LogP contribution in [0.15, 0.2) is 24.3 Å². The zero-order valence-corrected chi connectivity index (χ0v) is 8.87. The van der Waals surface area contributed by atoms with Gasteiger partial charge in [0.15, 0.2) is 0 Å². The third-order valence-corrected chi connectivity index (χ3v) is 3.41. The summed E-state index contributed by atoms with van der Waals surface area (Å²) < 4.78 is 37.6. The summed E-state index contributed by atoms with van der Waals surface area (Å²) in [6, 6.07) is 4.96. The Bertz CT molecular complexity index is 483. The van der Waals surface area contributed by atoms with Crippen LogP contribution in [0.2, 0.25) is 0 Å². The summed E-state index contributed by atoms with van der Waals surface area (Å²) >= 11 is 0. The summed E-state index contributed by atoms with van der Waals surface area (Å²) in [5.41, 5.74) is -0.347. The molecule has 1 aliphatic heterocycles. The highest BCUT2D eigenvalue weighted by Gasteiger charge is 2.52. The average molecular weight is 241 g/mol. The van der Waals surface area contributed by atoms with Gasteiger partial charge >= 0.3 is 6.18 Å². The van der Waals surface area contributed by atoms with E-state index in [2.05, 4.69) is 0 Å². The second-order valence-electron chi connectivity index (χ2n) is 4.60. The van der Waals surface area contributed by atoms with Crippen LogP contribution >= 0.6 is 0 Å². The summed E-state index contributed by atoms with van der Waals surface area (Å²) in [7, 11) is 0. The van der Waals surface area contributed by atoms with Crippen LogP contribution in [0.1, 0.15) is 12.0 Å². The SMILES string of the molecule is O=C1C2CC2CN1c1cccc(C(F)(F)F)c1. The van der Waals surface area contributed by atoms with Crippen LogP contribution in [0.4, 0.5) is 18.9 Å². The Morgan fingerprint density at radius 2 is 2.06 bits per heavy atom. The van der Waals surface area contributed by atoms with E-state index in [1.165, 1.54) is 11.0 Å². The molecule has 90 valence electrons. The molecule has 2 atom stereocenters. The fourth-order valence-corrected chi connectivity index (χ4v) is 2.36. The van der Waals surface area contributed by atoms with Crippen LogP contribution in [-0.4, -0.2) is 12.5 Å². The first-order valence-electron chi connectivity index (χ1n) is 5.45. The number of carbonyl (C=O) groups is 1. The molecule has 0 spiro atoms. The summed E-state index contributed by atoms with van der Waals surface area (Å²) in [5.74, 6) is 0.385. The molecule has 1 saturated carbocycles. The third kappa shape index (κ3) is 1.69. The number of piperidine rings is 1. The molecule has 2 nitrogen and oxygen atoms in total. The molecule has 2 aliphatic rings. The van der Waals surface area contributed by atoms with Crippen molar-refractivity contribution in [3.63, 3.8) is 0 Å². The zero-order valence-electron chi connectivity index (χ0n) is 8.87. The van der Waals surface area contributed by atoms with Gasteiger partial charge in [0, 0.05) is 18.2 Å². The van der Waals surface area contributed by atoms with Crippen molar-refractivity contribution in [1.82, 2.24) is 0 Å². The van der Waals surface area contributed by atoms with E-state index in [1.807, 2.05) is 0 Å². The highest BCUT2D eigenvalue weighted by molar-refractivity contribution is 5.99. The highest BCUT2D eigenvalue weighted by Crippen LogP contribution is 2.47. The number of hydrogen-bond acceptors (Lipinski definition) is 1. The van der Waals surface area contributed by atoms with Crippen molar-refractivity contribution in [3.8, 4) is 0 Å². The molecule has 3 rings (SSSR count). The smallest absolute Gasteiger partial charge is 0.312 e. The molecular weight excluding hydrogens is 231 g/mol. The molecule has 2 unspecified atom stereocenters. The van der Waals surface area contributed by atoms with Crippen molar-refractivity contribution in [3.05, 3.63) is 29.8 Å². The Morgan fingerprint density at radius 3 is 2.65 bits per heavy atom. The quantitative estimate of drug-likeness (QED) is 0.740. The molecule has 1 aliphatic carbocycles. The first-order valence-corrected chi connectivity index (χ1v) is 5.45. The zero-order chi connectivity index (χ0) is 12.2. The minimum Gasteiger partial charge on any atom is -0.312 e. The van der Waals surface area contributed by atoms with E-state index in [9.17, 15) is 18.0 Å². The van der Waals surface area contributed by atoms with Crippen LogP contribution < -0.4 is 4.90 Å². The van der Waals surface area contributed by atoms with E-state index in [0.717, 1.165) is 18.6 Å². The maximum absolute atomic E-state index is 12.5. The van der Waals surface area contributed by atoms with Gasteiger partial charge in [0.1, 0.15) is 0 Å². The lowest BCUT2D eigenvalue weighted by Gasteiger charge is -2.19. The van der Waals surface area contributed by atoms with Gasteiger partial charge in [-0.25, -0.2) is 0 Å². The molecule has 0 aromatic heterocycles. The molecule has 0 bridgehead atoms. The van der Waals surface area contributed by atoms with E-state index >= 15 is 0 Å². The van der Waals surface area contributed by atoms with E-state index in [4.69, 9.17) is 0 Å². The fourth-order valence-electron chi connectivity index (χ4n) is 2.36. The second-order valence-corrected chi connectivity index (χ2v) is 4.60. The number of alkyl halides is 3. The molecule has 1 saturated heterocycles. The van der Waals surface area contributed by atoms with Gasteiger partial charge in [-0.1, -0.05) is 6.07 Å². The van der Waals surface area contributed by atoms with Gasteiger partial charge in [0.05, 0.1) is 5.56 Å². The van der Waals surface area contributed by atoms with Crippen LogP contribution in [0.5, 0.6) is 0 Å². The minimum absolute atomic E-state index is 0.0330. The lowest BCUT2D eigenvalue weighted by atomic mass is 10.2. The van der Waals surface area contributed by atoms with Crippen molar-refractivity contribution >= 4 is 11.6 Å². The van der Waals surface area contributed by atoms with Crippen molar-refractivity contribution < 1.29 is 18.0 Å². The number of carbonyl (C=O) groups excluding carboxylic acids is 1. The van der Waals surface area contributed by atoms with Crippen molar-refractivity contribution in [2.45, 2.75) is 12.6 Å². The summed E-state index contributed by atoms with van der Waals surface area (Å²) in [4.78, 5) is 13.2. The molecule has 1 heterocycles. The van der Waals surface area contributed by atoms with Crippen molar-refractivity contribution in [1.29, 1.82) is 0 Å². The molecular formula is C12H10F3NO. The molecule has 0 N–H and O–H groups in total. The molecule has 0 radical (unpaired) electrons. The van der Waals surface area contributed by atoms with Gasteiger partial charge in [0.25, 0.3) is 0 Å². The first kappa shape index (κ1) is 10.6. The van der Waals surface area contributed by atoms with Crippen molar-refractivity contribution in [2.24, 2.45) is 11.8 Å². The lowest BCUT2D eigenvalue weighted by Crippen LogP contribution is -2.28. The first-order chi connectivity index (χ1) is 7.97. The van der Waals surface area contributed by atoms with Gasteiger partial charge in [-0.3, -0.25) is 4.79 Å². The normalized spacial score (nSPS) is 27.2. The minimum atomic E-state index is -4.36. The third-order valence-electron chi connectivity index (χ3n) is 3.41. The largest absolute Gasteiger partial charge is 0.416 e. The Labute approximate surface area is 96.0 Å². The van der Waals surface area contributed by atoms with Gasteiger partial charge in [-0.05, 0) is 30.5 Å². The van der Waals surface area contributed by atoms with E-state index < -0.39 is 11.7 Å². The number of halogens is 3. The fraction of sp³-hybridized carbons (Fsp3) is 0.417. The summed E-state index contributed by atoms with van der Waals surface area (Å²) in [6.45, 7) is 0.560. The van der Waals surface area contributed by atoms with Gasteiger partial charge < -0.3 is 4.90 Å². The lowest BCUT2D eigenvalue weighted by molar-refractivity contribution is -0.137. The second kappa shape index (κ2) is 3.24. The number of anilines is 1. The predicted molar refractivity (Wildman–Crippen MR) is 55.4 cm³/mol. The van der Waals surface area contributed by atoms with Crippen LogP contribution in [0, 0.1) is 11.8 Å². The molecule has 1 aromatic rings. The molecule has 2 fully saturated rings. The van der Waals surface area contributed by atoms with Gasteiger partial charge in [-0.2, -0.15) is 13.2 Å². The molecule has 1 amide bonds. The van der Waals surface area contributed by atoms with Gasteiger partial charge in [-0.15, -0.1) is 0 Å². The van der Waals surface area contributed by atoms with E-state index in [0.29, 0.717) is 18.2 Å². The van der Waals surface area contributed by atoms with Gasteiger partial charge in [0.2, 0.25) is 5.91 Å². The van der Waals surface area contributed by atoms with Crippen LogP contribution in [0.25, 0.3) is 0 Å². The van der Waals surface area contributed by atoms with Crippen LogP contribution in [0.3, 0.4) is 0 Å². The number of rotatable bonds is 1.